The zero-order chi connectivity index (χ0) is 20.1. The molecular formula is C19H23F3N2O3. The molecule has 2 aliphatic rings. The van der Waals surface area contributed by atoms with Gasteiger partial charge in [-0.3, -0.25) is 4.79 Å². The van der Waals surface area contributed by atoms with Gasteiger partial charge >= 0.3 is 12.3 Å². The van der Waals surface area contributed by atoms with Crippen LogP contribution in [0.4, 0.5) is 18.0 Å². The molecule has 148 valence electrons. The van der Waals surface area contributed by atoms with E-state index in [0.717, 1.165) is 6.07 Å². The molecule has 0 radical (unpaired) electrons. The summed E-state index contributed by atoms with van der Waals surface area (Å²) in [7, 11) is 0. The van der Waals surface area contributed by atoms with Crippen LogP contribution in [0.15, 0.2) is 18.2 Å². The van der Waals surface area contributed by atoms with E-state index >= 15 is 0 Å². The number of halogens is 3. The second-order valence-corrected chi connectivity index (χ2v) is 7.92. The fraction of sp³-hybridized carbons (Fsp3) is 0.579. The quantitative estimate of drug-likeness (QED) is 0.738. The predicted octanol–water partition coefficient (Wildman–Crippen LogP) is 3.88. The minimum atomic E-state index is -4.61. The van der Waals surface area contributed by atoms with Gasteiger partial charge < -0.3 is 14.5 Å². The summed E-state index contributed by atoms with van der Waals surface area (Å²) in [4.78, 5) is 28.2. The van der Waals surface area contributed by atoms with Crippen molar-refractivity contribution >= 4 is 12.0 Å². The van der Waals surface area contributed by atoms with Crippen LogP contribution in [0.2, 0.25) is 0 Å². The molecule has 5 nitrogen and oxygen atoms in total. The van der Waals surface area contributed by atoms with E-state index in [1.165, 1.54) is 15.9 Å². The number of ether oxygens (including phenoxy) is 1. The Kier molecular flexibility index (Phi) is 4.64. The van der Waals surface area contributed by atoms with Crippen molar-refractivity contribution in [1.29, 1.82) is 0 Å². The van der Waals surface area contributed by atoms with Gasteiger partial charge in [0.2, 0.25) is 0 Å². The first-order chi connectivity index (χ1) is 12.4. The maximum Gasteiger partial charge on any atom is 0.417 e. The summed E-state index contributed by atoms with van der Waals surface area (Å²) in [5.41, 5.74) is -1.53. The summed E-state index contributed by atoms with van der Waals surface area (Å²) in [6.07, 6.45) is -5.13. The Morgan fingerprint density at radius 3 is 2.44 bits per heavy atom. The number of likely N-dealkylation sites (N-methyl/N-ethyl adjacent to an activating group) is 1. The molecule has 0 saturated carbocycles. The number of hydrogen-bond donors (Lipinski definition) is 0. The summed E-state index contributed by atoms with van der Waals surface area (Å²) in [6.45, 7) is 7.72. The molecule has 3 rings (SSSR count). The van der Waals surface area contributed by atoms with Gasteiger partial charge in [0, 0.05) is 25.6 Å². The maximum absolute atomic E-state index is 13.5. The molecule has 0 spiro atoms. The summed E-state index contributed by atoms with van der Waals surface area (Å²) in [6, 6.07) is 3.46. The number of carbonyl (C=O) groups excluding carboxylic acids is 2. The lowest BCUT2D eigenvalue weighted by molar-refractivity contribution is -0.138. The van der Waals surface area contributed by atoms with Crippen molar-refractivity contribution in [2.24, 2.45) is 0 Å². The average Bonchev–Trinajstić information content (AvgIpc) is 2.98. The van der Waals surface area contributed by atoms with E-state index in [1.54, 1.807) is 33.8 Å². The van der Waals surface area contributed by atoms with Crippen LogP contribution >= 0.6 is 0 Å². The molecule has 2 aliphatic heterocycles. The molecule has 2 heterocycles. The van der Waals surface area contributed by atoms with E-state index in [2.05, 4.69) is 0 Å². The van der Waals surface area contributed by atoms with Gasteiger partial charge in [-0.1, -0.05) is 12.1 Å². The molecule has 0 aliphatic carbocycles. The molecule has 0 N–H and O–H groups in total. The van der Waals surface area contributed by atoms with Gasteiger partial charge in [-0.2, -0.15) is 13.2 Å². The molecule has 8 heteroatoms. The smallest absolute Gasteiger partial charge is 0.417 e. The van der Waals surface area contributed by atoms with Gasteiger partial charge in [-0.05, 0) is 39.3 Å². The molecule has 2 amide bonds. The van der Waals surface area contributed by atoms with Crippen molar-refractivity contribution in [2.75, 3.05) is 19.6 Å². The number of fused-ring (bicyclic) bond motifs is 3. The molecular weight excluding hydrogens is 361 g/mol. The standard InChI is InChI=1S/C19H23F3N2O3/c1-5-24-14-10-23(17(26)27-18(2,3)4)9-12(14)11-7-6-8-13(19(20,21)22)15(11)16(24)25/h6-8,12,14H,5,9-10H2,1-4H3. The van der Waals surface area contributed by atoms with Crippen LogP contribution in [0.3, 0.4) is 0 Å². The van der Waals surface area contributed by atoms with Crippen LogP contribution in [0.1, 0.15) is 55.1 Å². The van der Waals surface area contributed by atoms with Crippen molar-refractivity contribution in [3.63, 3.8) is 0 Å². The minimum absolute atomic E-state index is 0.220. The normalized spacial score (nSPS) is 22.6. The highest BCUT2D eigenvalue weighted by molar-refractivity contribution is 5.99. The van der Waals surface area contributed by atoms with Gasteiger partial charge in [0.15, 0.2) is 0 Å². The lowest BCUT2D eigenvalue weighted by Gasteiger charge is -2.38. The van der Waals surface area contributed by atoms with E-state index in [-0.39, 0.29) is 37.2 Å². The first-order valence-electron chi connectivity index (χ1n) is 8.93. The number of carbonyl (C=O) groups is 2. The van der Waals surface area contributed by atoms with Crippen molar-refractivity contribution in [2.45, 2.75) is 51.4 Å². The Bertz CT molecular complexity index is 770. The zero-order valence-electron chi connectivity index (χ0n) is 15.8. The number of amides is 2. The van der Waals surface area contributed by atoms with E-state index < -0.39 is 29.3 Å². The highest BCUT2D eigenvalue weighted by Gasteiger charge is 2.49. The first kappa shape index (κ1) is 19.5. The number of rotatable bonds is 1. The molecule has 0 aromatic heterocycles. The van der Waals surface area contributed by atoms with Gasteiger partial charge in [-0.25, -0.2) is 4.79 Å². The fourth-order valence-corrected chi connectivity index (χ4v) is 3.91. The molecule has 1 fully saturated rings. The number of nitrogens with zero attached hydrogens (tertiary/aromatic N) is 2. The summed E-state index contributed by atoms with van der Waals surface area (Å²) < 4.78 is 45.8. The summed E-state index contributed by atoms with van der Waals surface area (Å²) in [5.74, 6) is -1.000. The maximum atomic E-state index is 13.5. The molecule has 1 saturated heterocycles. The highest BCUT2D eigenvalue weighted by Crippen LogP contribution is 2.43. The van der Waals surface area contributed by atoms with Gasteiger partial charge in [0.05, 0.1) is 17.2 Å². The third-order valence-corrected chi connectivity index (χ3v) is 4.96. The van der Waals surface area contributed by atoms with Crippen molar-refractivity contribution < 1.29 is 27.5 Å². The third kappa shape index (κ3) is 3.49. The number of likely N-dealkylation sites (tertiary alicyclic amines) is 1. The largest absolute Gasteiger partial charge is 0.444 e. The molecule has 1 aromatic carbocycles. The Balaban J connectivity index is 2.01. The molecule has 0 bridgehead atoms. The monoisotopic (exact) mass is 384 g/mol. The zero-order valence-corrected chi connectivity index (χ0v) is 15.8. The van der Waals surface area contributed by atoms with Crippen molar-refractivity contribution in [3.8, 4) is 0 Å². The van der Waals surface area contributed by atoms with Crippen molar-refractivity contribution in [1.82, 2.24) is 9.80 Å². The Labute approximate surface area is 156 Å². The second-order valence-electron chi connectivity index (χ2n) is 7.92. The molecule has 27 heavy (non-hydrogen) atoms. The van der Waals surface area contributed by atoms with Crippen LogP contribution < -0.4 is 0 Å². The van der Waals surface area contributed by atoms with E-state index in [1.807, 2.05) is 0 Å². The van der Waals surface area contributed by atoms with Crippen LogP contribution in [0.5, 0.6) is 0 Å². The second kappa shape index (κ2) is 6.42. The Morgan fingerprint density at radius 2 is 1.89 bits per heavy atom. The molecule has 2 unspecified atom stereocenters. The van der Waals surface area contributed by atoms with Crippen LogP contribution in [-0.4, -0.2) is 53.1 Å². The third-order valence-electron chi connectivity index (χ3n) is 4.96. The number of hydrogen-bond acceptors (Lipinski definition) is 3. The van der Waals surface area contributed by atoms with E-state index in [0.29, 0.717) is 5.56 Å². The summed E-state index contributed by atoms with van der Waals surface area (Å²) in [5, 5.41) is 0. The SMILES string of the molecule is CCN1C(=O)c2c(cccc2C(F)(F)F)C2CN(C(=O)OC(C)(C)C)CC21. The van der Waals surface area contributed by atoms with Gasteiger partial charge in [-0.15, -0.1) is 0 Å². The van der Waals surface area contributed by atoms with Crippen LogP contribution in [0, 0.1) is 0 Å². The lowest BCUT2D eigenvalue weighted by Crippen LogP contribution is -2.49. The Hall–Kier alpha value is -2.25. The Morgan fingerprint density at radius 1 is 1.22 bits per heavy atom. The minimum Gasteiger partial charge on any atom is -0.444 e. The van der Waals surface area contributed by atoms with Gasteiger partial charge in [0.25, 0.3) is 5.91 Å². The van der Waals surface area contributed by atoms with Crippen LogP contribution in [-0.2, 0) is 10.9 Å². The summed E-state index contributed by atoms with van der Waals surface area (Å²) >= 11 is 0. The predicted molar refractivity (Wildman–Crippen MR) is 92.5 cm³/mol. The average molecular weight is 384 g/mol. The first-order valence-corrected chi connectivity index (χ1v) is 8.93. The molecule has 2 atom stereocenters. The number of benzene rings is 1. The van der Waals surface area contributed by atoms with Crippen LogP contribution in [0.25, 0.3) is 0 Å². The van der Waals surface area contributed by atoms with E-state index in [4.69, 9.17) is 4.74 Å². The molecule has 1 aromatic rings. The lowest BCUT2D eigenvalue weighted by atomic mass is 9.82. The number of alkyl halides is 3. The van der Waals surface area contributed by atoms with Crippen molar-refractivity contribution in [3.05, 3.63) is 34.9 Å². The van der Waals surface area contributed by atoms with Gasteiger partial charge in [0.1, 0.15) is 5.60 Å². The van der Waals surface area contributed by atoms with E-state index in [9.17, 15) is 22.8 Å². The highest BCUT2D eigenvalue weighted by atomic mass is 19.4. The fourth-order valence-electron chi connectivity index (χ4n) is 3.91. The topological polar surface area (TPSA) is 49.9 Å².